The number of rotatable bonds is 8. The first-order chi connectivity index (χ1) is 17.6. The highest BCUT2D eigenvalue weighted by molar-refractivity contribution is 5.92. The molecule has 0 spiro atoms. The highest BCUT2D eigenvalue weighted by Crippen LogP contribution is 2.31. The normalized spacial score (nSPS) is 19.9. The van der Waals surface area contributed by atoms with Crippen LogP contribution < -0.4 is 0 Å². The molecular weight excluding hydrogens is 460 g/mol. The predicted molar refractivity (Wildman–Crippen MR) is 134 cm³/mol. The highest BCUT2D eigenvalue weighted by atomic mass is 19.1. The number of ether oxygens (including phenoxy) is 1. The third kappa shape index (κ3) is 5.69. The van der Waals surface area contributed by atoms with Crippen LogP contribution in [0.2, 0.25) is 0 Å². The van der Waals surface area contributed by atoms with Crippen molar-refractivity contribution in [2.75, 3.05) is 26.2 Å². The Hall–Kier alpha value is -3.42. The number of halogens is 2. The number of piperazine rings is 1. The van der Waals surface area contributed by atoms with Gasteiger partial charge in [0.1, 0.15) is 17.7 Å². The average molecular weight is 490 g/mol. The SMILES string of the molecule is O=C(/C=C/c1ccccn1)N1[C@@H]2CC[C@H]1CN(CCOC(c1ccc(F)cc1)c1ccc(F)cc1)C2. The first-order valence-corrected chi connectivity index (χ1v) is 12.3. The number of hydrogen-bond acceptors (Lipinski definition) is 4. The van der Waals surface area contributed by atoms with Crippen molar-refractivity contribution in [3.63, 3.8) is 0 Å². The van der Waals surface area contributed by atoms with Crippen molar-refractivity contribution in [3.05, 3.63) is 107 Å². The Morgan fingerprint density at radius 1 is 0.944 bits per heavy atom. The van der Waals surface area contributed by atoms with Gasteiger partial charge in [-0.2, -0.15) is 0 Å². The van der Waals surface area contributed by atoms with Crippen molar-refractivity contribution >= 4 is 12.0 Å². The molecule has 2 aliphatic heterocycles. The second kappa shape index (κ2) is 11.1. The van der Waals surface area contributed by atoms with Gasteiger partial charge in [0.2, 0.25) is 5.91 Å². The van der Waals surface area contributed by atoms with Crippen LogP contribution >= 0.6 is 0 Å². The van der Waals surface area contributed by atoms with Crippen molar-refractivity contribution in [2.24, 2.45) is 0 Å². The highest BCUT2D eigenvalue weighted by Gasteiger charge is 2.41. The van der Waals surface area contributed by atoms with Gasteiger partial charge in [0.15, 0.2) is 0 Å². The molecule has 2 aliphatic rings. The zero-order valence-corrected chi connectivity index (χ0v) is 20.0. The molecule has 0 aliphatic carbocycles. The minimum Gasteiger partial charge on any atom is -0.367 e. The van der Waals surface area contributed by atoms with Crippen molar-refractivity contribution in [1.82, 2.24) is 14.8 Å². The maximum absolute atomic E-state index is 13.5. The number of carbonyl (C=O) groups excluding carboxylic acids is 1. The Bertz CT molecular complexity index is 1130. The van der Waals surface area contributed by atoms with E-state index in [1.807, 2.05) is 23.1 Å². The number of fused-ring (bicyclic) bond motifs is 2. The Labute approximate surface area is 210 Å². The van der Waals surface area contributed by atoms with Crippen molar-refractivity contribution < 1.29 is 18.3 Å². The number of nitrogens with zero attached hydrogens (tertiary/aromatic N) is 3. The number of pyridine rings is 1. The Morgan fingerprint density at radius 3 is 2.11 bits per heavy atom. The molecule has 0 radical (unpaired) electrons. The molecule has 0 N–H and O–H groups in total. The van der Waals surface area contributed by atoms with Gasteiger partial charge >= 0.3 is 0 Å². The molecule has 2 fully saturated rings. The molecule has 3 heterocycles. The van der Waals surface area contributed by atoms with Gasteiger partial charge in [-0.1, -0.05) is 30.3 Å². The number of amides is 1. The molecule has 3 aromatic rings. The van der Waals surface area contributed by atoms with E-state index in [9.17, 15) is 13.6 Å². The summed E-state index contributed by atoms with van der Waals surface area (Å²) in [5.74, 6) is -0.583. The zero-order valence-electron chi connectivity index (χ0n) is 20.0. The van der Waals surface area contributed by atoms with Crippen LogP contribution in [0.5, 0.6) is 0 Å². The van der Waals surface area contributed by atoms with E-state index in [1.54, 1.807) is 42.6 Å². The van der Waals surface area contributed by atoms with Gasteiger partial charge in [-0.05, 0) is 66.4 Å². The molecule has 186 valence electrons. The molecule has 5 nitrogen and oxygen atoms in total. The number of hydrogen-bond donors (Lipinski definition) is 0. The van der Waals surface area contributed by atoms with Crippen molar-refractivity contribution in [2.45, 2.75) is 31.0 Å². The predicted octanol–water partition coefficient (Wildman–Crippen LogP) is 4.85. The van der Waals surface area contributed by atoms with Crippen LogP contribution in [0, 0.1) is 11.6 Å². The van der Waals surface area contributed by atoms with Crippen LogP contribution in [0.3, 0.4) is 0 Å². The molecule has 36 heavy (non-hydrogen) atoms. The smallest absolute Gasteiger partial charge is 0.247 e. The van der Waals surface area contributed by atoms with Crippen LogP contribution in [0.1, 0.15) is 35.8 Å². The van der Waals surface area contributed by atoms with E-state index in [-0.39, 0.29) is 29.6 Å². The third-order valence-corrected chi connectivity index (χ3v) is 6.93. The molecule has 5 rings (SSSR count). The third-order valence-electron chi connectivity index (χ3n) is 6.93. The molecule has 2 bridgehead atoms. The van der Waals surface area contributed by atoms with Gasteiger partial charge in [-0.15, -0.1) is 0 Å². The summed E-state index contributed by atoms with van der Waals surface area (Å²) in [6.07, 6.45) is 6.70. The fourth-order valence-electron chi connectivity index (χ4n) is 5.21. The van der Waals surface area contributed by atoms with Crippen LogP contribution in [-0.4, -0.2) is 59.0 Å². The van der Waals surface area contributed by atoms with Gasteiger partial charge in [0.05, 0.1) is 12.3 Å². The number of aromatic nitrogens is 1. The largest absolute Gasteiger partial charge is 0.367 e. The summed E-state index contributed by atoms with van der Waals surface area (Å²) in [5, 5.41) is 0. The molecule has 7 heteroatoms. The maximum Gasteiger partial charge on any atom is 0.247 e. The first-order valence-electron chi connectivity index (χ1n) is 12.3. The Morgan fingerprint density at radius 2 is 1.56 bits per heavy atom. The topological polar surface area (TPSA) is 45.7 Å². The molecular formula is C29H29F2N3O2. The fourth-order valence-corrected chi connectivity index (χ4v) is 5.21. The molecule has 0 saturated carbocycles. The van der Waals surface area contributed by atoms with Crippen LogP contribution in [0.4, 0.5) is 8.78 Å². The minimum absolute atomic E-state index is 0.0386. The molecule has 2 atom stereocenters. The summed E-state index contributed by atoms with van der Waals surface area (Å²) in [4.78, 5) is 21.5. The van der Waals surface area contributed by atoms with Crippen molar-refractivity contribution in [3.8, 4) is 0 Å². The summed E-state index contributed by atoms with van der Waals surface area (Å²) < 4.78 is 33.2. The van der Waals surface area contributed by atoms with E-state index >= 15 is 0 Å². The van der Waals surface area contributed by atoms with Crippen molar-refractivity contribution in [1.29, 1.82) is 0 Å². The monoisotopic (exact) mass is 489 g/mol. The van der Waals surface area contributed by atoms with E-state index in [0.717, 1.165) is 49.3 Å². The quantitative estimate of drug-likeness (QED) is 0.424. The van der Waals surface area contributed by atoms with E-state index in [1.165, 1.54) is 24.3 Å². The summed E-state index contributed by atoms with van der Waals surface area (Å²) in [6.45, 7) is 2.80. The summed E-state index contributed by atoms with van der Waals surface area (Å²) in [6, 6.07) is 18.4. The van der Waals surface area contributed by atoms with Crippen LogP contribution in [-0.2, 0) is 9.53 Å². The molecule has 2 saturated heterocycles. The zero-order chi connectivity index (χ0) is 24.9. The summed E-state index contributed by atoms with van der Waals surface area (Å²) >= 11 is 0. The van der Waals surface area contributed by atoms with Gasteiger partial charge in [-0.3, -0.25) is 14.7 Å². The summed E-state index contributed by atoms with van der Waals surface area (Å²) in [5.41, 5.74) is 2.40. The van der Waals surface area contributed by atoms with Gasteiger partial charge < -0.3 is 9.64 Å². The standard InChI is InChI=1S/C29H29F2N3O2/c30-23-8-4-21(5-9-23)29(22-6-10-24(31)11-7-22)36-18-17-33-19-26-13-14-27(20-33)34(26)28(35)15-12-25-3-1-2-16-32-25/h1-12,15-16,26-27,29H,13-14,17-20H2/b15-12+/t26-,27+. The lowest BCUT2D eigenvalue weighted by Gasteiger charge is -2.40. The van der Waals surface area contributed by atoms with E-state index in [2.05, 4.69) is 9.88 Å². The Kier molecular flexibility index (Phi) is 7.49. The van der Waals surface area contributed by atoms with E-state index in [0.29, 0.717) is 6.61 Å². The average Bonchev–Trinajstić information content (AvgIpc) is 3.17. The Balaban J connectivity index is 1.19. The molecule has 1 amide bonds. The second-order valence-electron chi connectivity index (χ2n) is 9.33. The van der Waals surface area contributed by atoms with Crippen LogP contribution in [0.25, 0.3) is 6.08 Å². The lowest BCUT2D eigenvalue weighted by atomic mass is 10.0. The number of carbonyl (C=O) groups is 1. The van der Waals surface area contributed by atoms with E-state index < -0.39 is 6.10 Å². The van der Waals surface area contributed by atoms with Gasteiger partial charge in [-0.25, -0.2) is 8.78 Å². The van der Waals surface area contributed by atoms with Gasteiger partial charge in [0.25, 0.3) is 0 Å². The maximum atomic E-state index is 13.5. The number of benzene rings is 2. The van der Waals surface area contributed by atoms with Crippen LogP contribution in [0.15, 0.2) is 79.0 Å². The molecule has 0 unspecified atom stereocenters. The second-order valence-corrected chi connectivity index (χ2v) is 9.33. The molecule has 1 aromatic heterocycles. The van der Waals surface area contributed by atoms with Gasteiger partial charge in [0, 0.05) is 44.0 Å². The lowest BCUT2D eigenvalue weighted by molar-refractivity contribution is -0.131. The van der Waals surface area contributed by atoms with E-state index in [4.69, 9.17) is 4.74 Å². The first kappa shape index (κ1) is 24.3. The number of likely N-dealkylation sites (tertiary alicyclic amines) is 1. The fraction of sp³-hybridized carbons (Fsp3) is 0.310. The molecule has 2 aromatic carbocycles. The lowest BCUT2D eigenvalue weighted by Crippen LogP contribution is -2.55. The summed E-state index contributed by atoms with van der Waals surface area (Å²) in [7, 11) is 0. The minimum atomic E-state index is -0.414.